The number of fused-ring (bicyclic) bond motifs is 1. The van der Waals surface area contributed by atoms with Gasteiger partial charge in [-0.3, -0.25) is 4.79 Å². The molecule has 6 heteroatoms. The Morgan fingerprint density at radius 3 is 2.61 bits per heavy atom. The summed E-state index contributed by atoms with van der Waals surface area (Å²) in [5, 5.41) is 0.837. The summed E-state index contributed by atoms with van der Waals surface area (Å²) in [5.74, 6) is -0.693. The molecule has 0 atom stereocenters. The minimum Gasteiger partial charge on any atom is -0.465 e. The van der Waals surface area contributed by atoms with Crippen molar-refractivity contribution in [2.24, 2.45) is 0 Å². The highest BCUT2D eigenvalue weighted by Crippen LogP contribution is 2.25. The summed E-state index contributed by atoms with van der Waals surface area (Å²) in [4.78, 5) is 26.7. The van der Waals surface area contributed by atoms with E-state index in [0.717, 1.165) is 0 Å². The largest absolute Gasteiger partial charge is 0.465 e. The van der Waals surface area contributed by atoms with Gasteiger partial charge in [-0.05, 0) is 19.1 Å². The van der Waals surface area contributed by atoms with Crippen LogP contribution < -0.4 is 5.43 Å². The Bertz CT molecular complexity index is 707. The number of methoxy groups -OCH3 is 1. The zero-order valence-electron chi connectivity index (χ0n) is 9.64. The fourth-order valence-corrected chi connectivity index (χ4v) is 2.39. The first-order valence-corrected chi connectivity index (χ1v) is 5.81. The fraction of sp³-hybridized carbons (Fsp3) is 0.167. The zero-order chi connectivity index (χ0) is 13.4. The maximum atomic E-state index is 12.2. The Morgan fingerprint density at radius 2 is 2.00 bits per heavy atom. The highest BCUT2D eigenvalue weighted by Gasteiger charge is 2.18. The van der Waals surface area contributed by atoms with Gasteiger partial charge in [0.1, 0.15) is 5.56 Å². The average Bonchev–Trinajstić information content (AvgIpc) is 2.26. The second kappa shape index (κ2) is 4.63. The van der Waals surface area contributed by atoms with Crippen molar-refractivity contribution < 1.29 is 9.53 Å². The molecule has 0 saturated carbocycles. The van der Waals surface area contributed by atoms with E-state index < -0.39 is 11.4 Å². The van der Waals surface area contributed by atoms with Gasteiger partial charge in [-0.1, -0.05) is 23.2 Å². The first-order valence-electron chi connectivity index (χ1n) is 5.05. The van der Waals surface area contributed by atoms with Crippen molar-refractivity contribution in [2.75, 3.05) is 7.11 Å². The smallest absolute Gasteiger partial charge is 0.343 e. The topological polar surface area (TPSA) is 59.2 Å². The summed E-state index contributed by atoms with van der Waals surface area (Å²) in [6.07, 6.45) is 0. The third kappa shape index (κ3) is 1.98. The number of hydrogen-bond acceptors (Lipinski definition) is 3. The van der Waals surface area contributed by atoms with Crippen LogP contribution in [0.4, 0.5) is 0 Å². The van der Waals surface area contributed by atoms with Gasteiger partial charge in [-0.2, -0.15) is 0 Å². The van der Waals surface area contributed by atoms with Crippen molar-refractivity contribution in [3.63, 3.8) is 0 Å². The standard InChI is InChI=1S/C12H9Cl2NO3/c1-5-9(12(17)18-2)11(16)10-7(14)3-6(13)4-8(10)15-5/h3-4H,1-2H3,(H,15,16). The van der Waals surface area contributed by atoms with E-state index in [0.29, 0.717) is 16.2 Å². The van der Waals surface area contributed by atoms with Gasteiger partial charge >= 0.3 is 5.97 Å². The molecule has 94 valence electrons. The molecule has 1 aromatic carbocycles. The van der Waals surface area contributed by atoms with Crippen LogP contribution in [0.2, 0.25) is 10.0 Å². The number of ether oxygens (including phenoxy) is 1. The van der Waals surface area contributed by atoms with Crippen LogP contribution in [0.25, 0.3) is 10.9 Å². The number of carbonyl (C=O) groups is 1. The van der Waals surface area contributed by atoms with Crippen LogP contribution >= 0.6 is 23.2 Å². The molecule has 0 unspecified atom stereocenters. The maximum Gasteiger partial charge on any atom is 0.343 e. The number of rotatable bonds is 1. The highest BCUT2D eigenvalue weighted by atomic mass is 35.5. The fourth-order valence-electron chi connectivity index (χ4n) is 1.81. The van der Waals surface area contributed by atoms with E-state index >= 15 is 0 Å². The Kier molecular flexibility index (Phi) is 3.32. The van der Waals surface area contributed by atoms with Crippen LogP contribution in [0.5, 0.6) is 0 Å². The number of H-pyrrole nitrogens is 1. The van der Waals surface area contributed by atoms with Crippen molar-refractivity contribution in [2.45, 2.75) is 6.92 Å². The molecule has 0 spiro atoms. The summed E-state index contributed by atoms with van der Waals surface area (Å²) >= 11 is 11.8. The number of aromatic nitrogens is 1. The molecule has 0 aliphatic rings. The van der Waals surface area contributed by atoms with E-state index in [1.54, 1.807) is 13.0 Å². The first-order chi connectivity index (χ1) is 8.45. The van der Waals surface area contributed by atoms with E-state index in [2.05, 4.69) is 9.72 Å². The molecule has 0 aliphatic carbocycles. The summed E-state index contributed by atoms with van der Waals surface area (Å²) < 4.78 is 4.58. The predicted octanol–water partition coefficient (Wildman–Crippen LogP) is 2.93. The number of benzene rings is 1. The van der Waals surface area contributed by atoms with Gasteiger partial charge in [-0.15, -0.1) is 0 Å². The lowest BCUT2D eigenvalue weighted by Gasteiger charge is -2.07. The van der Waals surface area contributed by atoms with Gasteiger partial charge in [0, 0.05) is 10.7 Å². The molecule has 18 heavy (non-hydrogen) atoms. The van der Waals surface area contributed by atoms with Gasteiger partial charge in [-0.25, -0.2) is 4.79 Å². The quantitative estimate of drug-likeness (QED) is 0.820. The average molecular weight is 286 g/mol. The van der Waals surface area contributed by atoms with Gasteiger partial charge in [0.05, 0.1) is 23.0 Å². The van der Waals surface area contributed by atoms with E-state index in [9.17, 15) is 9.59 Å². The van der Waals surface area contributed by atoms with E-state index in [-0.39, 0.29) is 16.0 Å². The minimum atomic E-state index is -0.693. The molecule has 1 aromatic heterocycles. The van der Waals surface area contributed by atoms with Crippen molar-refractivity contribution in [3.05, 3.63) is 43.7 Å². The Labute approximate surface area is 112 Å². The molecule has 4 nitrogen and oxygen atoms in total. The van der Waals surface area contributed by atoms with Crippen LogP contribution in [0, 0.1) is 6.92 Å². The normalized spacial score (nSPS) is 10.7. The zero-order valence-corrected chi connectivity index (χ0v) is 11.1. The second-order valence-electron chi connectivity index (χ2n) is 3.76. The van der Waals surface area contributed by atoms with Crippen molar-refractivity contribution in [1.29, 1.82) is 0 Å². The molecule has 0 fully saturated rings. The number of aromatic amines is 1. The number of pyridine rings is 1. The van der Waals surface area contributed by atoms with Gasteiger partial charge < -0.3 is 9.72 Å². The Morgan fingerprint density at radius 1 is 1.33 bits per heavy atom. The van der Waals surface area contributed by atoms with Crippen LogP contribution in [-0.2, 0) is 4.74 Å². The van der Waals surface area contributed by atoms with Crippen LogP contribution in [0.1, 0.15) is 16.1 Å². The number of esters is 1. The molecule has 0 amide bonds. The minimum absolute atomic E-state index is 0.0470. The first kappa shape index (κ1) is 12.9. The molecule has 0 saturated heterocycles. The Hall–Kier alpha value is -1.52. The Balaban J connectivity index is 2.94. The molecule has 2 aromatic rings. The summed E-state index contributed by atoms with van der Waals surface area (Å²) in [6.45, 7) is 1.61. The third-order valence-electron chi connectivity index (χ3n) is 2.60. The van der Waals surface area contributed by atoms with Crippen LogP contribution in [-0.4, -0.2) is 18.1 Å². The molecular weight excluding hydrogens is 277 g/mol. The third-order valence-corrected chi connectivity index (χ3v) is 3.11. The van der Waals surface area contributed by atoms with Gasteiger partial charge in [0.15, 0.2) is 0 Å². The molecule has 0 radical (unpaired) electrons. The lowest BCUT2D eigenvalue weighted by atomic mass is 10.1. The number of hydrogen-bond donors (Lipinski definition) is 1. The predicted molar refractivity (Wildman–Crippen MR) is 70.7 cm³/mol. The van der Waals surface area contributed by atoms with E-state index in [1.165, 1.54) is 13.2 Å². The monoisotopic (exact) mass is 285 g/mol. The number of carbonyl (C=O) groups excluding carboxylic acids is 1. The molecule has 0 bridgehead atoms. The van der Waals surface area contributed by atoms with Gasteiger partial charge in [0.25, 0.3) is 0 Å². The maximum absolute atomic E-state index is 12.2. The molecule has 0 aliphatic heterocycles. The SMILES string of the molecule is COC(=O)c1c(C)[nH]c2cc(Cl)cc(Cl)c2c1=O. The summed E-state index contributed by atoms with van der Waals surface area (Å²) in [7, 11) is 1.22. The molecule has 1 N–H and O–H groups in total. The molecule has 1 heterocycles. The molecular formula is C12H9Cl2NO3. The number of aryl methyl sites for hydroxylation is 1. The van der Waals surface area contributed by atoms with E-state index in [4.69, 9.17) is 23.2 Å². The van der Waals surface area contributed by atoms with Crippen molar-refractivity contribution >= 4 is 40.1 Å². The number of halogens is 2. The van der Waals surface area contributed by atoms with E-state index in [1.807, 2.05) is 0 Å². The van der Waals surface area contributed by atoms with Gasteiger partial charge in [0.2, 0.25) is 5.43 Å². The second-order valence-corrected chi connectivity index (χ2v) is 4.60. The lowest BCUT2D eigenvalue weighted by Crippen LogP contribution is -2.20. The van der Waals surface area contributed by atoms with Crippen LogP contribution in [0.15, 0.2) is 16.9 Å². The van der Waals surface area contributed by atoms with Crippen molar-refractivity contribution in [1.82, 2.24) is 4.98 Å². The summed E-state index contributed by atoms with van der Waals surface area (Å²) in [5.41, 5.74) is 0.393. The highest BCUT2D eigenvalue weighted by molar-refractivity contribution is 6.38. The summed E-state index contributed by atoms with van der Waals surface area (Å²) in [6, 6.07) is 3.04. The van der Waals surface area contributed by atoms with Crippen molar-refractivity contribution in [3.8, 4) is 0 Å². The number of nitrogens with one attached hydrogen (secondary N) is 1. The lowest BCUT2D eigenvalue weighted by molar-refractivity contribution is 0.0598. The molecule has 2 rings (SSSR count). The van der Waals surface area contributed by atoms with Crippen LogP contribution in [0.3, 0.4) is 0 Å².